The Morgan fingerprint density at radius 1 is 0.966 bits per heavy atom. The molecule has 0 bridgehead atoms. The van der Waals surface area contributed by atoms with Crippen LogP contribution in [-0.2, 0) is 16.0 Å². The van der Waals surface area contributed by atoms with Gasteiger partial charge in [0.05, 0.1) is 14.2 Å². The van der Waals surface area contributed by atoms with Crippen LogP contribution in [0.1, 0.15) is 42.7 Å². The summed E-state index contributed by atoms with van der Waals surface area (Å²) >= 11 is 0. The van der Waals surface area contributed by atoms with Gasteiger partial charge in [-0.15, -0.1) is 0 Å². The van der Waals surface area contributed by atoms with Crippen LogP contribution >= 0.6 is 0 Å². The van der Waals surface area contributed by atoms with E-state index in [2.05, 4.69) is 41.4 Å². The van der Waals surface area contributed by atoms with Gasteiger partial charge in [-0.1, -0.05) is 30.3 Å². The van der Waals surface area contributed by atoms with Crippen LogP contribution in [0, 0.1) is 5.92 Å². The molecule has 0 spiro atoms. The molecule has 2 aromatic rings. The first-order chi connectivity index (χ1) is 14.0. The molecule has 1 aliphatic carbocycles. The first-order valence-electron chi connectivity index (χ1n) is 9.53. The fourth-order valence-corrected chi connectivity index (χ4v) is 3.73. The number of hydrogen-bond acceptors (Lipinski definition) is 5. The van der Waals surface area contributed by atoms with Crippen LogP contribution in [0.15, 0.2) is 42.6 Å². The maximum atomic E-state index is 9.10. The molecule has 1 aliphatic rings. The van der Waals surface area contributed by atoms with Gasteiger partial charge in [0.15, 0.2) is 5.75 Å². The molecule has 0 amide bonds. The second-order valence-corrected chi connectivity index (χ2v) is 6.96. The van der Waals surface area contributed by atoms with Crippen molar-refractivity contribution in [3.8, 4) is 11.6 Å². The summed E-state index contributed by atoms with van der Waals surface area (Å²) in [6, 6.07) is 13.0. The number of aromatic nitrogens is 1. The van der Waals surface area contributed by atoms with Gasteiger partial charge in [0.2, 0.25) is 0 Å². The monoisotopic (exact) mass is 401 g/mol. The van der Waals surface area contributed by atoms with E-state index in [1.807, 2.05) is 6.20 Å². The van der Waals surface area contributed by atoms with Crippen molar-refractivity contribution in [1.82, 2.24) is 4.98 Å². The predicted molar refractivity (Wildman–Crippen MR) is 107 cm³/mol. The Kier molecular flexibility index (Phi) is 8.45. The molecule has 2 N–H and O–H groups in total. The number of methoxy groups -OCH3 is 2. The van der Waals surface area contributed by atoms with Gasteiger partial charge in [0.25, 0.3) is 5.88 Å². The Balaban J connectivity index is 0.000000438. The Bertz CT molecular complexity index is 788. The number of carboxylic acids is 2. The van der Waals surface area contributed by atoms with Crippen molar-refractivity contribution in [1.29, 1.82) is 0 Å². The number of benzene rings is 1. The number of nitrogens with zero attached hydrogens (tertiary/aromatic N) is 1. The molecule has 156 valence electrons. The molecule has 0 saturated heterocycles. The number of rotatable bonds is 5. The molecule has 1 saturated carbocycles. The first-order valence-corrected chi connectivity index (χ1v) is 9.53. The lowest BCUT2D eigenvalue weighted by atomic mass is 9.76. The summed E-state index contributed by atoms with van der Waals surface area (Å²) in [4.78, 5) is 22.4. The van der Waals surface area contributed by atoms with E-state index in [0.717, 1.165) is 24.0 Å². The van der Waals surface area contributed by atoms with Crippen molar-refractivity contribution in [3.05, 3.63) is 53.7 Å². The summed E-state index contributed by atoms with van der Waals surface area (Å²) in [7, 11) is 3.33. The minimum Gasteiger partial charge on any atom is -0.491 e. The third-order valence-corrected chi connectivity index (χ3v) is 5.16. The molecular weight excluding hydrogens is 374 g/mol. The van der Waals surface area contributed by atoms with Crippen LogP contribution in [0.4, 0.5) is 0 Å². The van der Waals surface area contributed by atoms with Crippen LogP contribution in [0.3, 0.4) is 0 Å². The van der Waals surface area contributed by atoms with Crippen LogP contribution in [0.25, 0.3) is 0 Å². The third kappa shape index (κ3) is 6.48. The molecular formula is C22H27NO6. The zero-order valence-electron chi connectivity index (χ0n) is 16.7. The van der Waals surface area contributed by atoms with E-state index < -0.39 is 11.9 Å². The number of hydrogen-bond donors (Lipinski definition) is 2. The fourth-order valence-electron chi connectivity index (χ4n) is 3.73. The molecule has 0 unspecified atom stereocenters. The maximum Gasteiger partial charge on any atom is 0.414 e. The third-order valence-electron chi connectivity index (χ3n) is 5.16. The zero-order chi connectivity index (χ0) is 21.2. The molecule has 29 heavy (non-hydrogen) atoms. The lowest BCUT2D eigenvalue weighted by molar-refractivity contribution is -0.159. The topological polar surface area (TPSA) is 106 Å². The fraction of sp³-hybridized carbons (Fsp3) is 0.409. The van der Waals surface area contributed by atoms with E-state index in [4.69, 9.17) is 29.3 Å². The smallest absolute Gasteiger partial charge is 0.414 e. The summed E-state index contributed by atoms with van der Waals surface area (Å²) in [5.41, 5.74) is 2.71. The standard InChI is InChI=1S/C20H25NO2.C2H2O4/c1-22-19-18(12-13-21-20(19)23-2)14-15-8-10-17(11-9-15)16-6-4-3-5-7-16;3-1(4)2(5)6/h3-7,12-13,15,17H,8-11,14H2,1-2H3;(H,3,4)(H,5,6). The molecule has 1 fully saturated rings. The highest BCUT2D eigenvalue weighted by Crippen LogP contribution is 2.39. The van der Waals surface area contributed by atoms with Gasteiger partial charge >= 0.3 is 11.9 Å². The van der Waals surface area contributed by atoms with Crippen LogP contribution in [-0.4, -0.2) is 41.4 Å². The van der Waals surface area contributed by atoms with Crippen molar-refractivity contribution in [3.63, 3.8) is 0 Å². The lowest BCUT2D eigenvalue weighted by Gasteiger charge is -2.29. The van der Waals surface area contributed by atoms with Crippen molar-refractivity contribution < 1.29 is 29.3 Å². The first kappa shape index (κ1) is 22.2. The predicted octanol–water partition coefficient (Wildman–Crippen LogP) is 3.77. The highest BCUT2D eigenvalue weighted by atomic mass is 16.5. The Hall–Kier alpha value is -3.09. The second kappa shape index (κ2) is 11.0. The van der Waals surface area contributed by atoms with E-state index >= 15 is 0 Å². The minimum absolute atomic E-state index is 0.586. The van der Waals surface area contributed by atoms with Gasteiger partial charge in [-0.2, -0.15) is 0 Å². The average Bonchev–Trinajstić information content (AvgIpc) is 2.75. The number of pyridine rings is 1. The summed E-state index contributed by atoms with van der Waals surface area (Å²) in [5.74, 6) is -0.828. The van der Waals surface area contributed by atoms with Gasteiger partial charge in [0, 0.05) is 11.8 Å². The summed E-state index contributed by atoms with van der Waals surface area (Å²) in [6.45, 7) is 0. The SMILES string of the molecule is COc1nccc(CC2CCC(c3ccccc3)CC2)c1OC.O=C(O)C(=O)O. The van der Waals surface area contributed by atoms with E-state index in [1.54, 1.807) is 14.2 Å². The summed E-state index contributed by atoms with van der Waals surface area (Å²) in [6.07, 6.45) is 7.95. The Labute approximate surface area is 170 Å². The molecule has 7 heteroatoms. The van der Waals surface area contributed by atoms with Crippen molar-refractivity contribution in [2.45, 2.75) is 38.0 Å². The summed E-state index contributed by atoms with van der Waals surface area (Å²) in [5, 5.41) is 14.8. The van der Waals surface area contributed by atoms with Crippen LogP contribution in [0.2, 0.25) is 0 Å². The quantitative estimate of drug-likeness (QED) is 0.735. The van der Waals surface area contributed by atoms with Crippen molar-refractivity contribution in [2.75, 3.05) is 14.2 Å². The Morgan fingerprint density at radius 3 is 2.10 bits per heavy atom. The van der Waals surface area contributed by atoms with Crippen LogP contribution in [0.5, 0.6) is 11.6 Å². The summed E-state index contributed by atoms with van der Waals surface area (Å²) < 4.78 is 10.8. The van der Waals surface area contributed by atoms with E-state index in [-0.39, 0.29) is 0 Å². The number of carboxylic acid groups (broad SMARTS) is 2. The van der Waals surface area contributed by atoms with Crippen molar-refractivity contribution in [2.24, 2.45) is 5.92 Å². The zero-order valence-corrected chi connectivity index (χ0v) is 16.7. The normalized spacial score (nSPS) is 18.1. The average molecular weight is 401 g/mol. The Morgan fingerprint density at radius 2 is 1.59 bits per heavy atom. The number of ether oxygens (including phenoxy) is 2. The molecule has 0 radical (unpaired) electrons. The van der Waals surface area contributed by atoms with Crippen LogP contribution < -0.4 is 9.47 Å². The maximum absolute atomic E-state index is 9.10. The second-order valence-electron chi connectivity index (χ2n) is 6.96. The highest BCUT2D eigenvalue weighted by Gasteiger charge is 2.24. The van der Waals surface area contributed by atoms with Gasteiger partial charge in [-0.05, 0) is 55.6 Å². The molecule has 1 aromatic heterocycles. The molecule has 0 aliphatic heterocycles. The minimum atomic E-state index is -1.82. The largest absolute Gasteiger partial charge is 0.491 e. The van der Waals surface area contributed by atoms with E-state index in [1.165, 1.54) is 36.8 Å². The lowest BCUT2D eigenvalue weighted by Crippen LogP contribution is -2.15. The van der Waals surface area contributed by atoms with E-state index in [0.29, 0.717) is 5.88 Å². The molecule has 1 heterocycles. The number of carbonyl (C=O) groups is 2. The molecule has 1 aromatic carbocycles. The van der Waals surface area contributed by atoms with Gasteiger partial charge in [-0.25, -0.2) is 14.6 Å². The van der Waals surface area contributed by atoms with E-state index in [9.17, 15) is 0 Å². The molecule has 3 rings (SSSR count). The van der Waals surface area contributed by atoms with Gasteiger partial charge < -0.3 is 19.7 Å². The van der Waals surface area contributed by atoms with Gasteiger partial charge in [0.1, 0.15) is 0 Å². The molecule has 7 nitrogen and oxygen atoms in total. The van der Waals surface area contributed by atoms with Gasteiger partial charge in [-0.3, -0.25) is 0 Å². The molecule has 0 atom stereocenters. The number of aliphatic carboxylic acids is 2. The highest BCUT2D eigenvalue weighted by molar-refractivity contribution is 6.27. The van der Waals surface area contributed by atoms with Crippen molar-refractivity contribution >= 4 is 11.9 Å².